The van der Waals surface area contributed by atoms with E-state index in [-0.39, 0.29) is 5.15 Å². The third-order valence-electron chi connectivity index (χ3n) is 1.60. The largest absolute Gasteiger partial charge is 0.417 e. The van der Waals surface area contributed by atoms with E-state index in [1.165, 1.54) is 0 Å². The van der Waals surface area contributed by atoms with Crippen LogP contribution in [0.4, 0.5) is 13.2 Å². The summed E-state index contributed by atoms with van der Waals surface area (Å²) < 4.78 is 36.7. The highest BCUT2D eigenvalue weighted by molar-refractivity contribution is 9.09. The zero-order chi connectivity index (χ0) is 10.8. The Balaban J connectivity index is 3.06. The lowest BCUT2D eigenvalue weighted by Crippen LogP contribution is -2.07. The first-order chi connectivity index (χ1) is 6.45. The summed E-state index contributed by atoms with van der Waals surface area (Å²) in [6.07, 6.45) is -3.20. The normalized spacial score (nSPS) is 11.8. The molecule has 0 aromatic carbocycles. The molecule has 0 saturated carbocycles. The molecule has 14 heavy (non-hydrogen) atoms. The van der Waals surface area contributed by atoms with Gasteiger partial charge in [-0.3, -0.25) is 0 Å². The molecule has 0 aliphatic rings. The summed E-state index contributed by atoms with van der Waals surface area (Å²) in [6.45, 7) is 0. The summed E-state index contributed by atoms with van der Waals surface area (Å²) in [6, 6.07) is 1.02. The second kappa shape index (κ2) is 4.49. The van der Waals surface area contributed by atoms with Gasteiger partial charge in [0, 0.05) is 11.5 Å². The van der Waals surface area contributed by atoms with E-state index in [2.05, 4.69) is 20.9 Å². The average molecular weight is 288 g/mol. The van der Waals surface area contributed by atoms with Crippen LogP contribution in [0.15, 0.2) is 12.3 Å². The zero-order valence-electron chi connectivity index (χ0n) is 6.91. The van der Waals surface area contributed by atoms with Crippen LogP contribution in [0, 0.1) is 0 Å². The van der Waals surface area contributed by atoms with E-state index in [9.17, 15) is 13.2 Å². The van der Waals surface area contributed by atoms with Crippen LogP contribution in [0.2, 0.25) is 5.15 Å². The molecule has 0 atom stereocenters. The number of alkyl halides is 4. The van der Waals surface area contributed by atoms with Crippen molar-refractivity contribution in [1.82, 2.24) is 4.98 Å². The minimum absolute atomic E-state index is 0.123. The molecule has 0 unspecified atom stereocenters. The monoisotopic (exact) mass is 287 g/mol. The standard InChI is InChI=1S/C8H6BrClF3N/c9-2-1-5-3-6(8(11,12)13)4-14-7(5)10/h3-4H,1-2H2. The van der Waals surface area contributed by atoms with E-state index in [0.717, 1.165) is 12.3 Å². The molecule has 0 bridgehead atoms. The van der Waals surface area contributed by atoms with Gasteiger partial charge in [-0.15, -0.1) is 0 Å². The molecule has 6 heteroatoms. The van der Waals surface area contributed by atoms with Gasteiger partial charge in [0.05, 0.1) is 5.56 Å². The van der Waals surface area contributed by atoms with E-state index in [0.29, 0.717) is 17.3 Å². The molecule has 1 nitrogen and oxygen atoms in total. The molecule has 1 heterocycles. The molecule has 1 rings (SSSR count). The van der Waals surface area contributed by atoms with Crippen LogP contribution in [0.1, 0.15) is 11.1 Å². The fourth-order valence-electron chi connectivity index (χ4n) is 0.926. The maximum atomic E-state index is 12.2. The predicted octanol–water partition coefficient (Wildman–Crippen LogP) is 3.69. The number of aryl methyl sites for hydroxylation is 1. The zero-order valence-corrected chi connectivity index (χ0v) is 9.25. The van der Waals surface area contributed by atoms with Crippen LogP contribution >= 0.6 is 27.5 Å². The fourth-order valence-corrected chi connectivity index (χ4v) is 1.55. The highest BCUT2D eigenvalue weighted by Gasteiger charge is 2.31. The van der Waals surface area contributed by atoms with E-state index < -0.39 is 11.7 Å². The third kappa shape index (κ3) is 2.85. The lowest BCUT2D eigenvalue weighted by Gasteiger charge is -2.08. The van der Waals surface area contributed by atoms with Crippen LogP contribution in [0.25, 0.3) is 0 Å². The first kappa shape index (κ1) is 11.8. The maximum Gasteiger partial charge on any atom is 0.417 e. The Hall–Kier alpha value is -0.290. The van der Waals surface area contributed by atoms with Crippen molar-refractivity contribution in [2.75, 3.05) is 5.33 Å². The van der Waals surface area contributed by atoms with Crippen LogP contribution in [0.3, 0.4) is 0 Å². The second-order valence-electron chi connectivity index (χ2n) is 2.61. The topological polar surface area (TPSA) is 12.9 Å². The highest BCUT2D eigenvalue weighted by atomic mass is 79.9. The molecular formula is C8H6BrClF3N. The summed E-state index contributed by atoms with van der Waals surface area (Å²) in [5.41, 5.74) is -0.365. The summed E-state index contributed by atoms with van der Waals surface area (Å²) >= 11 is 8.75. The molecule has 0 aliphatic heterocycles. The SMILES string of the molecule is FC(F)(F)c1cnc(Cl)c(CCBr)c1. The van der Waals surface area contributed by atoms with E-state index in [1.54, 1.807) is 0 Å². The summed E-state index contributed by atoms with van der Waals surface area (Å²) in [4.78, 5) is 3.49. The smallest absolute Gasteiger partial charge is 0.244 e. The minimum atomic E-state index is -4.36. The number of halogens is 5. The van der Waals surface area contributed by atoms with Crippen molar-refractivity contribution in [3.8, 4) is 0 Å². The van der Waals surface area contributed by atoms with Gasteiger partial charge in [0.2, 0.25) is 0 Å². The Morgan fingerprint density at radius 1 is 1.43 bits per heavy atom. The molecule has 0 fully saturated rings. The van der Waals surface area contributed by atoms with Crippen LogP contribution in [-0.2, 0) is 12.6 Å². The molecule has 0 spiro atoms. The lowest BCUT2D eigenvalue weighted by atomic mass is 10.1. The summed E-state index contributed by atoms with van der Waals surface area (Å²) in [7, 11) is 0. The molecular weight excluding hydrogens is 282 g/mol. The van der Waals surface area contributed by atoms with Crippen LogP contribution in [-0.4, -0.2) is 10.3 Å². The molecule has 78 valence electrons. The molecule has 0 radical (unpaired) electrons. The van der Waals surface area contributed by atoms with Crippen molar-refractivity contribution in [2.45, 2.75) is 12.6 Å². The Bertz CT molecular complexity index is 327. The summed E-state index contributed by atoms with van der Waals surface area (Å²) in [5.74, 6) is 0. The predicted molar refractivity (Wildman–Crippen MR) is 51.7 cm³/mol. The van der Waals surface area contributed by atoms with Gasteiger partial charge in [-0.05, 0) is 18.1 Å². The van der Waals surface area contributed by atoms with Crippen LogP contribution < -0.4 is 0 Å². The highest BCUT2D eigenvalue weighted by Crippen LogP contribution is 2.30. The second-order valence-corrected chi connectivity index (χ2v) is 3.76. The Morgan fingerprint density at radius 2 is 2.07 bits per heavy atom. The number of hydrogen-bond acceptors (Lipinski definition) is 1. The van der Waals surface area contributed by atoms with Gasteiger partial charge >= 0.3 is 6.18 Å². The Kier molecular flexibility index (Phi) is 3.78. The molecule has 0 saturated heterocycles. The van der Waals surface area contributed by atoms with Gasteiger partial charge in [-0.2, -0.15) is 13.2 Å². The van der Waals surface area contributed by atoms with Gasteiger partial charge in [-0.25, -0.2) is 4.98 Å². The fraction of sp³-hybridized carbons (Fsp3) is 0.375. The Labute approximate surface area is 92.4 Å². The van der Waals surface area contributed by atoms with Gasteiger partial charge in [0.15, 0.2) is 0 Å². The van der Waals surface area contributed by atoms with Gasteiger partial charge in [-0.1, -0.05) is 27.5 Å². The number of rotatable bonds is 2. The third-order valence-corrected chi connectivity index (χ3v) is 2.34. The maximum absolute atomic E-state index is 12.2. The first-order valence-electron chi connectivity index (χ1n) is 3.72. The van der Waals surface area contributed by atoms with E-state index >= 15 is 0 Å². The average Bonchev–Trinajstić information content (AvgIpc) is 2.07. The number of pyridine rings is 1. The van der Waals surface area contributed by atoms with Crippen molar-refractivity contribution in [2.24, 2.45) is 0 Å². The minimum Gasteiger partial charge on any atom is -0.244 e. The van der Waals surface area contributed by atoms with Gasteiger partial charge in [0.25, 0.3) is 0 Å². The molecule has 0 N–H and O–H groups in total. The van der Waals surface area contributed by atoms with Gasteiger partial charge in [0.1, 0.15) is 5.15 Å². The number of aromatic nitrogens is 1. The molecule has 1 aromatic rings. The van der Waals surface area contributed by atoms with Crippen molar-refractivity contribution in [3.63, 3.8) is 0 Å². The van der Waals surface area contributed by atoms with Gasteiger partial charge < -0.3 is 0 Å². The van der Waals surface area contributed by atoms with E-state index in [4.69, 9.17) is 11.6 Å². The quantitative estimate of drug-likeness (QED) is 0.597. The van der Waals surface area contributed by atoms with Crippen molar-refractivity contribution >= 4 is 27.5 Å². The first-order valence-corrected chi connectivity index (χ1v) is 5.22. The summed E-state index contributed by atoms with van der Waals surface area (Å²) in [5, 5.41) is 0.674. The van der Waals surface area contributed by atoms with E-state index in [1.807, 2.05) is 0 Å². The molecule has 0 amide bonds. The van der Waals surface area contributed by atoms with Crippen LogP contribution in [0.5, 0.6) is 0 Å². The number of hydrogen-bond donors (Lipinski definition) is 0. The van der Waals surface area contributed by atoms with Crippen molar-refractivity contribution in [3.05, 3.63) is 28.5 Å². The van der Waals surface area contributed by atoms with Crippen molar-refractivity contribution < 1.29 is 13.2 Å². The lowest BCUT2D eigenvalue weighted by molar-refractivity contribution is -0.137. The number of nitrogens with zero attached hydrogens (tertiary/aromatic N) is 1. The van der Waals surface area contributed by atoms with Crippen molar-refractivity contribution in [1.29, 1.82) is 0 Å². The Morgan fingerprint density at radius 3 is 2.57 bits per heavy atom. The molecule has 0 aliphatic carbocycles. The molecule has 1 aromatic heterocycles.